The Morgan fingerprint density at radius 1 is 1.43 bits per heavy atom. The van der Waals surface area contributed by atoms with E-state index in [-0.39, 0.29) is 11.2 Å². The van der Waals surface area contributed by atoms with Gasteiger partial charge in [0.05, 0.1) is 6.61 Å². The predicted molar refractivity (Wildman–Crippen MR) is 86.0 cm³/mol. The molecule has 0 saturated carbocycles. The molecular weight excluding hydrogens is 304 g/mol. The highest BCUT2D eigenvalue weighted by Gasteiger charge is 2.23. The van der Waals surface area contributed by atoms with Gasteiger partial charge in [-0.3, -0.25) is 4.79 Å². The smallest absolute Gasteiger partial charge is 0.319 e. The van der Waals surface area contributed by atoms with Gasteiger partial charge in [-0.25, -0.2) is 9.97 Å². The molecule has 1 aliphatic carbocycles. The average Bonchev–Trinajstić information content (AvgIpc) is 2.87. The third-order valence-corrected chi connectivity index (χ3v) is 5.90. The van der Waals surface area contributed by atoms with E-state index < -0.39 is 0 Å². The van der Waals surface area contributed by atoms with E-state index in [9.17, 15) is 4.79 Å². The molecule has 0 radical (unpaired) electrons. The second-order valence-corrected chi connectivity index (χ2v) is 7.50. The van der Waals surface area contributed by atoms with Crippen LogP contribution in [0.5, 0.6) is 0 Å². The van der Waals surface area contributed by atoms with Crippen molar-refractivity contribution in [3.05, 3.63) is 16.8 Å². The number of carbonyl (C=O) groups excluding carboxylic acids is 1. The zero-order valence-electron chi connectivity index (χ0n) is 12.2. The van der Waals surface area contributed by atoms with Crippen molar-refractivity contribution in [3.8, 4) is 0 Å². The SMILES string of the molecule is CCOC(=O)[C@@H](C)Sc1ncnc2sc3c(c12)CCCC3. The van der Waals surface area contributed by atoms with Gasteiger partial charge in [0.25, 0.3) is 0 Å². The van der Waals surface area contributed by atoms with Crippen molar-refractivity contribution in [1.29, 1.82) is 0 Å². The minimum Gasteiger partial charge on any atom is -0.465 e. The Morgan fingerprint density at radius 2 is 2.24 bits per heavy atom. The first kappa shape index (κ1) is 14.8. The van der Waals surface area contributed by atoms with E-state index in [1.807, 2.05) is 13.8 Å². The van der Waals surface area contributed by atoms with Gasteiger partial charge in [0.1, 0.15) is 21.4 Å². The predicted octanol–water partition coefficient (Wildman–Crippen LogP) is 3.61. The van der Waals surface area contributed by atoms with Crippen LogP contribution < -0.4 is 0 Å². The number of thiophene rings is 1. The van der Waals surface area contributed by atoms with Gasteiger partial charge in [0.2, 0.25) is 0 Å². The highest BCUT2D eigenvalue weighted by Crippen LogP contribution is 2.40. The fraction of sp³-hybridized carbons (Fsp3) is 0.533. The minimum atomic E-state index is -0.248. The molecular formula is C15H18N2O2S2. The molecule has 6 heteroatoms. The van der Waals surface area contributed by atoms with Crippen LogP contribution in [-0.2, 0) is 22.4 Å². The minimum absolute atomic E-state index is 0.182. The highest BCUT2D eigenvalue weighted by atomic mass is 32.2. The molecule has 112 valence electrons. The Bertz CT molecular complexity index is 669. The summed E-state index contributed by atoms with van der Waals surface area (Å²) in [7, 11) is 0. The van der Waals surface area contributed by atoms with Gasteiger partial charge >= 0.3 is 5.97 Å². The van der Waals surface area contributed by atoms with Gasteiger partial charge < -0.3 is 4.74 Å². The van der Waals surface area contributed by atoms with Gasteiger partial charge in [-0.15, -0.1) is 11.3 Å². The van der Waals surface area contributed by atoms with Crippen LogP contribution in [0.25, 0.3) is 10.2 Å². The molecule has 0 aromatic carbocycles. The fourth-order valence-electron chi connectivity index (χ4n) is 2.63. The van der Waals surface area contributed by atoms with Crippen molar-refractivity contribution < 1.29 is 9.53 Å². The second-order valence-electron chi connectivity index (χ2n) is 5.08. The average molecular weight is 322 g/mol. The number of rotatable bonds is 4. The summed E-state index contributed by atoms with van der Waals surface area (Å²) in [6, 6.07) is 0. The van der Waals surface area contributed by atoms with Crippen LogP contribution >= 0.6 is 23.1 Å². The monoisotopic (exact) mass is 322 g/mol. The number of esters is 1. The number of hydrogen-bond acceptors (Lipinski definition) is 6. The van der Waals surface area contributed by atoms with Crippen molar-refractivity contribution in [2.24, 2.45) is 0 Å². The van der Waals surface area contributed by atoms with Crippen LogP contribution in [-0.4, -0.2) is 27.8 Å². The summed E-state index contributed by atoms with van der Waals surface area (Å²) in [6.45, 7) is 4.11. The van der Waals surface area contributed by atoms with Gasteiger partial charge in [0, 0.05) is 10.3 Å². The molecule has 2 aromatic heterocycles. The van der Waals surface area contributed by atoms with Crippen LogP contribution in [0.15, 0.2) is 11.4 Å². The molecule has 0 bridgehead atoms. The molecule has 0 spiro atoms. The number of hydrogen-bond donors (Lipinski definition) is 0. The first-order valence-corrected chi connectivity index (χ1v) is 8.98. The maximum absolute atomic E-state index is 11.8. The molecule has 0 amide bonds. The number of carbonyl (C=O) groups is 1. The summed E-state index contributed by atoms with van der Waals surface area (Å²) in [5.74, 6) is -0.182. The molecule has 0 aliphatic heterocycles. The van der Waals surface area contributed by atoms with Crippen molar-refractivity contribution in [3.63, 3.8) is 0 Å². The summed E-state index contributed by atoms with van der Waals surface area (Å²) in [4.78, 5) is 23.2. The Balaban J connectivity index is 1.95. The molecule has 1 aliphatic rings. The van der Waals surface area contributed by atoms with Crippen molar-refractivity contribution in [2.45, 2.75) is 49.8 Å². The number of aryl methyl sites for hydroxylation is 2. The Kier molecular flexibility index (Phi) is 4.45. The quantitative estimate of drug-likeness (QED) is 0.489. The van der Waals surface area contributed by atoms with Crippen LogP contribution in [0.4, 0.5) is 0 Å². The first-order valence-electron chi connectivity index (χ1n) is 7.29. The maximum Gasteiger partial charge on any atom is 0.319 e. The zero-order chi connectivity index (χ0) is 14.8. The molecule has 2 aromatic rings. The van der Waals surface area contributed by atoms with E-state index in [4.69, 9.17) is 4.74 Å². The molecule has 4 nitrogen and oxygen atoms in total. The lowest BCUT2D eigenvalue weighted by atomic mass is 9.97. The standard InChI is InChI=1S/C15H18N2O2S2/c1-3-19-15(18)9(2)20-13-12-10-6-4-5-7-11(10)21-14(12)17-8-16-13/h8-9H,3-7H2,1-2H3/t9-/m1/s1. The number of nitrogens with zero attached hydrogens (tertiary/aromatic N) is 2. The van der Waals surface area contributed by atoms with Crippen LogP contribution in [0.3, 0.4) is 0 Å². The Hall–Kier alpha value is -1.14. The van der Waals surface area contributed by atoms with Crippen molar-refractivity contribution in [2.75, 3.05) is 6.61 Å². The normalized spacial score (nSPS) is 15.7. The van der Waals surface area contributed by atoms with Crippen molar-refractivity contribution >= 4 is 39.3 Å². The number of aromatic nitrogens is 2. The van der Waals surface area contributed by atoms with Gasteiger partial charge in [-0.1, -0.05) is 11.8 Å². The van der Waals surface area contributed by atoms with E-state index in [0.717, 1.165) is 22.7 Å². The summed E-state index contributed by atoms with van der Waals surface area (Å²) in [5, 5.41) is 1.83. The summed E-state index contributed by atoms with van der Waals surface area (Å²) in [6.07, 6.45) is 6.34. The molecule has 21 heavy (non-hydrogen) atoms. The Morgan fingerprint density at radius 3 is 3.05 bits per heavy atom. The van der Waals surface area contributed by atoms with Gasteiger partial charge in [-0.2, -0.15) is 0 Å². The van der Waals surface area contributed by atoms with Crippen LogP contribution in [0.1, 0.15) is 37.1 Å². The lowest BCUT2D eigenvalue weighted by Gasteiger charge is -2.13. The molecule has 0 saturated heterocycles. The molecule has 3 rings (SSSR count). The topological polar surface area (TPSA) is 52.1 Å². The van der Waals surface area contributed by atoms with Gasteiger partial charge in [0.15, 0.2) is 0 Å². The number of thioether (sulfide) groups is 1. The first-order chi connectivity index (χ1) is 10.2. The molecule has 1 atom stereocenters. The molecule has 0 N–H and O–H groups in total. The third kappa shape index (κ3) is 2.92. The van der Waals surface area contributed by atoms with E-state index in [2.05, 4.69) is 9.97 Å². The van der Waals surface area contributed by atoms with Gasteiger partial charge in [-0.05, 0) is 45.1 Å². The molecule has 0 unspecified atom stereocenters. The maximum atomic E-state index is 11.8. The third-order valence-electron chi connectivity index (χ3n) is 3.62. The van der Waals surface area contributed by atoms with E-state index in [1.54, 1.807) is 17.7 Å². The highest BCUT2D eigenvalue weighted by molar-refractivity contribution is 8.00. The van der Waals surface area contributed by atoms with Crippen LogP contribution in [0, 0.1) is 0 Å². The number of ether oxygens (including phenoxy) is 1. The summed E-state index contributed by atoms with van der Waals surface area (Å²) >= 11 is 3.26. The van der Waals surface area contributed by atoms with E-state index in [1.165, 1.54) is 40.4 Å². The summed E-state index contributed by atoms with van der Waals surface area (Å²) in [5.41, 5.74) is 1.40. The lowest BCUT2D eigenvalue weighted by Crippen LogP contribution is -2.16. The molecule has 2 heterocycles. The molecule has 0 fully saturated rings. The Labute approximate surface area is 132 Å². The zero-order valence-corrected chi connectivity index (χ0v) is 13.9. The number of fused-ring (bicyclic) bond motifs is 3. The van der Waals surface area contributed by atoms with E-state index in [0.29, 0.717) is 6.61 Å². The largest absolute Gasteiger partial charge is 0.465 e. The van der Waals surface area contributed by atoms with E-state index >= 15 is 0 Å². The fourth-order valence-corrected chi connectivity index (χ4v) is 4.86. The van der Waals surface area contributed by atoms with Crippen LogP contribution in [0.2, 0.25) is 0 Å². The second kappa shape index (κ2) is 6.32. The summed E-state index contributed by atoms with van der Waals surface area (Å²) < 4.78 is 5.08. The lowest BCUT2D eigenvalue weighted by molar-refractivity contribution is -0.142. The van der Waals surface area contributed by atoms with Crippen molar-refractivity contribution in [1.82, 2.24) is 9.97 Å².